The number of aromatic nitrogens is 2. The first-order chi connectivity index (χ1) is 16.5. The van der Waals surface area contributed by atoms with Crippen molar-refractivity contribution in [1.29, 1.82) is 0 Å². The van der Waals surface area contributed by atoms with E-state index in [9.17, 15) is 4.79 Å². The Hall–Kier alpha value is -2.92. The summed E-state index contributed by atoms with van der Waals surface area (Å²) in [6, 6.07) is 1.85. The van der Waals surface area contributed by atoms with Gasteiger partial charge in [0.15, 0.2) is 17.3 Å². The third-order valence-electron chi connectivity index (χ3n) is 6.37. The van der Waals surface area contributed by atoms with Gasteiger partial charge in [-0.05, 0) is 25.5 Å². The largest absolute Gasteiger partial charge is 0.493 e. The molecule has 11 heteroatoms. The van der Waals surface area contributed by atoms with Crippen LogP contribution in [0, 0.1) is 5.82 Å². The maximum absolute atomic E-state index is 15.4. The number of piperidine rings is 1. The number of nitrogens with zero attached hydrogens (tertiary/aromatic N) is 4. The molecule has 2 aliphatic heterocycles. The minimum atomic E-state index is -0.658. The third kappa shape index (κ3) is 5.25. The number of hydrogen-bond acceptors (Lipinski definition) is 9. The summed E-state index contributed by atoms with van der Waals surface area (Å²) in [5.41, 5.74) is 6.24. The second-order valence-electron chi connectivity index (χ2n) is 8.59. The highest BCUT2D eigenvalue weighted by Gasteiger charge is 2.27. The number of amides is 1. The topological polar surface area (TPSA) is 115 Å². The fourth-order valence-corrected chi connectivity index (χ4v) is 4.45. The predicted octanol–water partition coefficient (Wildman–Crippen LogP) is 1.57. The van der Waals surface area contributed by atoms with Crippen LogP contribution in [0.5, 0.6) is 11.5 Å². The zero-order valence-electron chi connectivity index (χ0n) is 19.8. The van der Waals surface area contributed by atoms with Crippen LogP contribution in [0.15, 0.2) is 6.07 Å². The Bertz CT molecular complexity index is 1010. The van der Waals surface area contributed by atoms with E-state index in [1.165, 1.54) is 27.1 Å². The molecule has 3 N–H and O–H groups in total. The van der Waals surface area contributed by atoms with E-state index in [-0.39, 0.29) is 41.4 Å². The predicted molar refractivity (Wildman–Crippen MR) is 127 cm³/mol. The van der Waals surface area contributed by atoms with Crippen LogP contribution >= 0.6 is 0 Å². The van der Waals surface area contributed by atoms with Gasteiger partial charge in [0, 0.05) is 51.1 Å². The number of ether oxygens (including phenoxy) is 3. The van der Waals surface area contributed by atoms with Gasteiger partial charge in [-0.2, -0.15) is 4.98 Å². The Morgan fingerprint density at radius 1 is 1.21 bits per heavy atom. The smallest absolute Gasteiger partial charge is 0.228 e. The summed E-state index contributed by atoms with van der Waals surface area (Å²) >= 11 is 0. The second kappa shape index (κ2) is 11.0. The summed E-state index contributed by atoms with van der Waals surface area (Å²) in [7, 11) is 2.97. The first-order valence-corrected chi connectivity index (χ1v) is 11.7. The third-order valence-corrected chi connectivity index (χ3v) is 6.37. The monoisotopic (exact) mass is 476 g/mol. The van der Waals surface area contributed by atoms with Crippen molar-refractivity contribution in [1.82, 2.24) is 20.2 Å². The molecular formula is C23H33FN6O4. The van der Waals surface area contributed by atoms with Crippen molar-refractivity contribution in [3.05, 3.63) is 11.9 Å². The van der Waals surface area contributed by atoms with Gasteiger partial charge in [0.2, 0.25) is 11.9 Å². The Labute approximate surface area is 198 Å². The van der Waals surface area contributed by atoms with Gasteiger partial charge in [0.05, 0.1) is 13.7 Å². The number of nitrogens with one attached hydrogen (secondary N) is 1. The van der Waals surface area contributed by atoms with Crippen LogP contribution in [0.3, 0.4) is 0 Å². The van der Waals surface area contributed by atoms with Crippen molar-refractivity contribution in [2.24, 2.45) is 0 Å². The van der Waals surface area contributed by atoms with E-state index < -0.39 is 5.82 Å². The molecule has 10 nitrogen and oxygen atoms in total. The molecule has 2 aliphatic rings. The van der Waals surface area contributed by atoms with E-state index in [0.29, 0.717) is 50.5 Å². The van der Waals surface area contributed by atoms with Crippen molar-refractivity contribution in [2.45, 2.75) is 31.7 Å². The van der Waals surface area contributed by atoms with E-state index >= 15 is 4.39 Å². The van der Waals surface area contributed by atoms with Gasteiger partial charge in [0.1, 0.15) is 17.9 Å². The van der Waals surface area contributed by atoms with E-state index in [2.05, 4.69) is 15.3 Å². The quantitative estimate of drug-likeness (QED) is 0.548. The van der Waals surface area contributed by atoms with Crippen molar-refractivity contribution < 1.29 is 23.4 Å². The van der Waals surface area contributed by atoms with Crippen molar-refractivity contribution in [2.75, 3.05) is 70.8 Å². The number of piperazine rings is 1. The molecule has 0 aliphatic carbocycles. The van der Waals surface area contributed by atoms with Gasteiger partial charge < -0.3 is 35.1 Å². The summed E-state index contributed by atoms with van der Waals surface area (Å²) < 4.78 is 31.2. The Kier molecular flexibility index (Phi) is 7.84. The zero-order chi connectivity index (χ0) is 24.1. The molecule has 1 unspecified atom stereocenters. The molecule has 4 rings (SSSR count). The number of nitrogens with two attached hydrogens (primary N) is 1. The average Bonchev–Trinajstić information content (AvgIpc) is 2.86. The van der Waals surface area contributed by atoms with Gasteiger partial charge >= 0.3 is 0 Å². The van der Waals surface area contributed by atoms with Gasteiger partial charge in [-0.15, -0.1) is 0 Å². The average molecular weight is 477 g/mol. The molecule has 1 aromatic carbocycles. The van der Waals surface area contributed by atoms with Crippen LogP contribution in [0.2, 0.25) is 0 Å². The number of benzene rings is 1. The summed E-state index contributed by atoms with van der Waals surface area (Å²) in [6.45, 7) is 3.65. The first kappa shape index (κ1) is 24.2. The van der Waals surface area contributed by atoms with E-state index in [4.69, 9.17) is 19.9 Å². The van der Waals surface area contributed by atoms with Crippen LogP contribution in [0.1, 0.15) is 25.7 Å². The highest BCUT2D eigenvalue weighted by molar-refractivity contribution is 5.92. The van der Waals surface area contributed by atoms with Crippen LogP contribution in [-0.2, 0) is 9.53 Å². The number of rotatable bonds is 8. The molecule has 1 atom stereocenters. The number of anilines is 2. The van der Waals surface area contributed by atoms with Gasteiger partial charge in [-0.25, -0.2) is 9.37 Å². The Balaban J connectivity index is 1.48. The highest BCUT2D eigenvalue weighted by atomic mass is 19.1. The number of nitrogen functional groups attached to an aromatic ring is 1. The lowest BCUT2D eigenvalue weighted by molar-refractivity contribution is -0.132. The Morgan fingerprint density at radius 3 is 2.68 bits per heavy atom. The lowest BCUT2D eigenvalue weighted by atomic mass is 10.0. The lowest BCUT2D eigenvalue weighted by Gasteiger charge is -2.36. The fourth-order valence-electron chi connectivity index (χ4n) is 4.45. The number of carbonyl (C=O) groups excluding carboxylic acids is 1. The van der Waals surface area contributed by atoms with Crippen LogP contribution < -0.4 is 25.4 Å². The van der Waals surface area contributed by atoms with Crippen LogP contribution in [-0.4, -0.2) is 87.0 Å². The molecule has 2 aromatic rings. The minimum absolute atomic E-state index is 0.0390. The van der Waals surface area contributed by atoms with E-state index in [0.717, 1.165) is 13.0 Å². The van der Waals surface area contributed by atoms with Gasteiger partial charge in [0.25, 0.3) is 0 Å². The standard InChI is InChI=1S/C23H33FN6O4/c1-32-11-12-34-21-17(33-2)14-16-20(19(21)24)27-23(28-22(16)25)30-9-7-29(8-10-30)18(31)13-15-5-3-4-6-26-15/h14-15,26H,3-13H2,1-2H3,(H2,25,27,28). The zero-order valence-corrected chi connectivity index (χ0v) is 19.8. The molecule has 1 amide bonds. The summed E-state index contributed by atoms with van der Waals surface area (Å²) in [6.07, 6.45) is 3.91. The molecule has 1 aromatic heterocycles. The fraction of sp³-hybridized carbons (Fsp3) is 0.609. The van der Waals surface area contributed by atoms with Crippen molar-refractivity contribution in [3.8, 4) is 11.5 Å². The van der Waals surface area contributed by atoms with Crippen LogP contribution in [0.25, 0.3) is 10.9 Å². The first-order valence-electron chi connectivity index (χ1n) is 11.7. The van der Waals surface area contributed by atoms with Crippen molar-refractivity contribution in [3.63, 3.8) is 0 Å². The van der Waals surface area contributed by atoms with Gasteiger partial charge in [-0.1, -0.05) is 6.42 Å². The molecule has 0 radical (unpaired) electrons. The summed E-state index contributed by atoms with van der Waals surface area (Å²) in [4.78, 5) is 25.4. The second-order valence-corrected chi connectivity index (χ2v) is 8.59. The highest BCUT2D eigenvalue weighted by Crippen LogP contribution is 2.38. The molecule has 186 valence electrons. The van der Waals surface area contributed by atoms with E-state index in [1.807, 2.05) is 9.80 Å². The normalized spacial score (nSPS) is 18.9. The van der Waals surface area contributed by atoms with Gasteiger partial charge in [-0.3, -0.25) is 4.79 Å². The summed E-state index contributed by atoms with van der Waals surface area (Å²) in [5.74, 6) is 0.163. The SMILES string of the molecule is COCCOc1c(OC)cc2c(N)nc(N3CCN(C(=O)CC4CCCCN4)CC3)nc2c1F. The molecule has 0 spiro atoms. The number of carbonyl (C=O) groups is 1. The summed E-state index contributed by atoms with van der Waals surface area (Å²) in [5, 5.41) is 3.78. The molecular weight excluding hydrogens is 443 g/mol. The number of methoxy groups -OCH3 is 2. The molecule has 2 saturated heterocycles. The van der Waals surface area contributed by atoms with E-state index in [1.54, 1.807) is 6.07 Å². The maximum Gasteiger partial charge on any atom is 0.228 e. The lowest BCUT2D eigenvalue weighted by Crippen LogP contribution is -2.50. The molecule has 3 heterocycles. The molecule has 34 heavy (non-hydrogen) atoms. The minimum Gasteiger partial charge on any atom is -0.493 e. The maximum atomic E-state index is 15.4. The number of halogens is 1. The molecule has 0 saturated carbocycles. The number of hydrogen-bond donors (Lipinski definition) is 2. The molecule has 0 bridgehead atoms. The van der Waals surface area contributed by atoms with Crippen molar-refractivity contribution >= 4 is 28.6 Å². The van der Waals surface area contributed by atoms with Crippen LogP contribution in [0.4, 0.5) is 16.2 Å². The Morgan fingerprint density at radius 2 is 2.00 bits per heavy atom. The molecule has 2 fully saturated rings. The number of fused-ring (bicyclic) bond motifs is 1.